The predicted octanol–water partition coefficient (Wildman–Crippen LogP) is 14.4. The van der Waals surface area contributed by atoms with Crippen LogP contribution in [0.5, 0.6) is 0 Å². The van der Waals surface area contributed by atoms with Gasteiger partial charge in [0.25, 0.3) is 0 Å². The predicted molar refractivity (Wildman–Crippen MR) is 234 cm³/mol. The largest absolute Gasteiger partial charge is 0.247 e. The monoisotopic (exact) mass is 715 g/mol. The quantitative estimate of drug-likeness (QED) is 0.131. The van der Waals surface area contributed by atoms with E-state index in [9.17, 15) is 0 Å². The number of hydrogen-bond donors (Lipinski definition) is 0. The molecule has 4 bridgehead atoms. The fraction of sp³-hybridized carbons (Fsp3) is 0.182. The lowest BCUT2D eigenvalue weighted by atomic mass is 9.43. The lowest BCUT2D eigenvalue weighted by Crippen LogP contribution is -2.55. The van der Waals surface area contributed by atoms with Gasteiger partial charge in [0.15, 0.2) is 0 Å². The van der Waals surface area contributed by atoms with Gasteiger partial charge < -0.3 is 0 Å². The second-order valence-electron chi connectivity index (χ2n) is 17.4. The van der Waals surface area contributed by atoms with Crippen LogP contribution in [0.1, 0.15) is 43.2 Å². The Hall–Kier alpha value is -6.05. The first-order chi connectivity index (χ1) is 27.7. The SMILES string of the molecule is c1ccc(-c2nc(-c3c4ccccc4c(-c4ccc5c(c4)C4(c6ccccc6-5)C5CC6CC(C5)CC4C6)c4ccccc34)cc3c2ccc2ccccc23)cc1. The number of aromatic nitrogens is 1. The average Bonchev–Trinajstić information content (AvgIpc) is 3.54. The number of nitrogens with zero attached hydrogens (tertiary/aromatic N) is 1. The van der Waals surface area contributed by atoms with Crippen LogP contribution in [0.15, 0.2) is 164 Å². The Bertz CT molecular complexity index is 3010. The number of hydrogen-bond acceptors (Lipinski definition) is 1. The summed E-state index contributed by atoms with van der Waals surface area (Å²) in [7, 11) is 0. The van der Waals surface area contributed by atoms with E-state index in [1.165, 1.54) is 103 Å². The van der Waals surface area contributed by atoms with E-state index >= 15 is 0 Å². The molecule has 0 atom stereocenters. The maximum atomic E-state index is 5.62. The molecule has 9 aromatic rings. The van der Waals surface area contributed by atoms with Gasteiger partial charge in [-0.15, -0.1) is 0 Å². The highest BCUT2D eigenvalue weighted by Crippen LogP contribution is 2.69. The summed E-state index contributed by atoms with van der Waals surface area (Å²) in [6.45, 7) is 0. The summed E-state index contributed by atoms with van der Waals surface area (Å²) < 4.78 is 0. The van der Waals surface area contributed by atoms with Gasteiger partial charge in [-0.05, 0) is 139 Å². The average molecular weight is 716 g/mol. The van der Waals surface area contributed by atoms with Crippen LogP contribution in [0.3, 0.4) is 0 Å². The van der Waals surface area contributed by atoms with E-state index in [0.29, 0.717) is 0 Å². The maximum Gasteiger partial charge on any atom is 0.0788 e. The first-order valence-electron chi connectivity index (χ1n) is 20.8. The highest BCUT2D eigenvalue weighted by Gasteiger charge is 2.61. The van der Waals surface area contributed by atoms with Gasteiger partial charge in [0.1, 0.15) is 0 Å². The van der Waals surface area contributed by atoms with Gasteiger partial charge in [0, 0.05) is 21.9 Å². The second kappa shape index (κ2) is 11.5. The van der Waals surface area contributed by atoms with E-state index in [-0.39, 0.29) is 5.41 Å². The van der Waals surface area contributed by atoms with Gasteiger partial charge in [-0.1, -0.05) is 152 Å². The lowest BCUT2D eigenvalue weighted by Gasteiger charge is -2.61. The summed E-state index contributed by atoms with van der Waals surface area (Å²) in [5.74, 6) is 3.32. The fourth-order valence-electron chi connectivity index (χ4n) is 13.0. The van der Waals surface area contributed by atoms with Crippen LogP contribution in [-0.2, 0) is 5.41 Å². The van der Waals surface area contributed by atoms with E-state index in [1.807, 2.05) is 0 Å². The van der Waals surface area contributed by atoms with Crippen molar-refractivity contribution in [2.75, 3.05) is 0 Å². The molecule has 4 fully saturated rings. The van der Waals surface area contributed by atoms with Crippen LogP contribution >= 0.6 is 0 Å². The van der Waals surface area contributed by atoms with Crippen LogP contribution in [0.25, 0.3) is 87.9 Å². The molecule has 1 nitrogen and oxygen atoms in total. The van der Waals surface area contributed by atoms with E-state index in [2.05, 4.69) is 164 Å². The van der Waals surface area contributed by atoms with Gasteiger partial charge >= 0.3 is 0 Å². The van der Waals surface area contributed by atoms with Crippen molar-refractivity contribution in [2.45, 2.75) is 37.5 Å². The summed E-state index contributed by atoms with van der Waals surface area (Å²) in [4.78, 5) is 5.62. The maximum absolute atomic E-state index is 5.62. The molecule has 0 amide bonds. The number of fused-ring (bicyclic) bond motifs is 8. The molecule has 1 heterocycles. The minimum atomic E-state index is 0.131. The van der Waals surface area contributed by atoms with Crippen molar-refractivity contribution in [1.29, 1.82) is 0 Å². The molecular weight excluding hydrogens is 675 g/mol. The van der Waals surface area contributed by atoms with Crippen molar-refractivity contribution in [1.82, 2.24) is 4.98 Å². The van der Waals surface area contributed by atoms with E-state index in [4.69, 9.17) is 4.98 Å². The Labute approximate surface area is 327 Å². The third-order valence-electron chi connectivity index (χ3n) is 14.8. The van der Waals surface area contributed by atoms with Crippen molar-refractivity contribution in [3.63, 3.8) is 0 Å². The Balaban J connectivity index is 1.09. The molecule has 0 radical (unpaired) electrons. The smallest absolute Gasteiger partial charge is 0.0788 e. The second-order valence-corrected chi connectivity index (χ2v) is 17.4. The summed E-state index contributed by atoms with van der Waals surface area (Å²) in [5, 5.41) is 10.0. The van der Waals surface area contributed by atoms with Gasteiger partial charge in [0.05, 0.1) is 11.4 Å². The molecule has 0 N–H and O–H groups in total. The molecular formula is C55H41N. The number of rotatable bonds is 3. The van der Waals surface area contributed by atoms with E-state index < -0.39 is 0 Å². The first kappa shape index (κ1) is 31.2. The van der Waals surface area contributed by atoms with Crippen LogP contribution in [0.2, 0.25) is 0 Å². The van der Waals surface area contributed by atoms with Crippen molar-refractivity contribution < 1.29 is 0 Å². The van der Waals surface area contributed by atoms with Gasteiger partial charge in [-0.25, -0.2) is 4.98 Å². The Morgan fingerprint density at radius 1 is 0.393 bits per heavy atom. The van der Waals surface area contributed by atoms with Crippen molar-refractivity contribution >= 4 is 43.1 Å². The van der Waals surface area contributed by atoms with Crippen LogP contribution in [0.4, 0.5) is 0 Å². The van der Waals surface area contributed by atoms with Crippen molar-refractivity contribution in [3.05, 3.63) is 175 Å². The van der Waals surface area contributed by atoms with Gasteiger partial charge in [-0.3, -0.25) is 0 Å². The Kier molecular flexibility index (Phi) is 6.40. The van der Waals surface area contributed by atoms with E-state index in [0.717, 1.165) is 40.6 Å². The molecule has 266 valence electrons. The summed E-state index contributed by atoms with van der Waals surface area (Å²) in [5.41, 5.74) is 13.4. The van der Waals surface area contributed by atoms with Crippen LogP contribution < -0.4 is 0 Å². The molecule has 56 heavy (non-hydrogen) atoms. The molecule has 5 aliphatic carbocycles. The fourth-order valence-corrected chi connectivity index (χ4v) is 13.0. The van der Waals surface area contributed by atoms with Gasteiger partial charge in [0.2, 0.25) is 0 Å². The highest BCUT2D eigenvalue weighted by molar-refractivity contribution is 6.22. The molecule has 14 rings (SSSR count). The molecule has 1 aromatic heterocycles. The zero-order valence-electron chi connectivity index (χ0n) is 31.4. The summed E-state index contributed by atoms with van der Waals surface area (Å²) in [6.07, 6.45) is 7.04. The zero-order chi connectivity index (χ0) is 36.5. The molecule has 1 spiro atoms. The van der Waals surface area contributed by atoms with Crippen LogP contribution in [0, 0.1) is 23.7 Å². The third kappa shape index (κ3) is 4.13. The Morgan fingerprint density at radius 3 is 1.70 bits per heavy atom. The normalized spacial score (nSPS) is 23.1. The molecule has 1 heteroatoms. The Morgan fingerprint density at radius 2 is 0.982 bits per heavy atom. The highest BCUT2D eigenvalue weighted by atomic mass is 14.7. The molecule has 8 aromatic carbocycles. The first-order valence-corrected chi connectivity index (χ1v) is 20.8. The van der Waals surface area contributed by atoms with E-state index in [1.54, 1.807) is 11.1 Å². The van der Waals surface area contributed by atoms with Gasteiger partial charge in [-0.2, -0.15) is 0 Å². The number of pyridine rings is 1. The molecule has 0 saturated heterocycles. The minimum Gasteiger partial charge on any atom is -0.247 e. The summed E-state index contributed by atoms with van der Waals surface area (Å²) >= 11 is 0. The standard InChI is InChI=1S/C55H41N/c1-2-13-36(14-3-1)54-47-25-22-35-12-4-5-15-40(35)48(47)32-51(56-54)53-45-19-8-6-17-43(45)52(44-18-7-9-20-46(44)53)37-23-24-42-41-16-10-11-21-49(41)55(50(42)31-37)38-27-33-26-34(29-38)30-39(55)28-33/h1-25,31-34,38-39H,26-30H2. The van der Waals surface area contributed by atoms with Crippen molar-refractivity contribution in [3.8, 4) is 44.8 Å². The molecule has 5 aliphatic rings. The molecule has 0 unspecified atom stereocenters. The zero-order valence-corrected chi connectivity index (χ0v) is 31.4. The molecule has 4 saturated carbocycles. The topological polar surface area (TPSA) is 12.9 Å². The molecule has 0 aliphatic heterocycles. The summed E-state index contributed by atoms with van der Waals surface area (Å²) in [6, 6.07) is 61.7. The number of benzene rings is 8. The van der Waals surface area contributed by atoms with Crippen molar-refractivity contribution in [2.24, 2.45) is 23.7 Å². The third-order valence-corrected chi connectivity index (χ3v) is 14.8. The van der Waals surface area contributed by atoms with Crippen LogP contribution in [-0.4, -0.2) is 4.98 Å². The minimum absolute atomic E-state index is 0.131. The lowest BCUT2D eigenvalue weighted by molar-refractivity contribution is -0.0399.